The van der Waals surface area contributed by atoms with Gasteiger partial charge in [-0.3, -0.25) is 9.69 Å². The molecule has 0 fully saturated rings. The highest BCUT2D eigenvalue weighted by Crippen LogP contribution is 2.37. The topological polar surface area (TPSA) is 106 Å². The summed E-state index contributed by atoms with van der Waals surface area (Å²) < 4.78 is 16.0. The number of amides is 3. The molecule has 2 N–H and O–H groups in total. The van der Waals surface area contributed by atoms with Gasteiger partial charge in [0, 0.05) is 23.9 Å². The predicted octanol–water partition coefficient (Wildman–Crippen LogP) is 5.41. The first kappa shape index (κ1) is 28.2. The van der Waals surface area contributed by atoms with Gasteiger partial charge >= 0.3 is 12.0 Å². The van der Waals surface area contributed by atoms with E-state index in [0.29, 0.717) is 52.5 Å². The van der Waals surface area contributed by atoms with Gasteiger partial charge in [0.2, 0.25) is 0 Å². The highest BCUT2D eigenvalue weighted by molar-refractivity contribution is 6.06. The molecule has 0 radical (unpaired) electrons. The van der Waals surface area contributed by atoms with Gasteiger partial charge in [0.1, 0.15) is 11.5 Å². The zero-order valence-electron chi connectivity index (χ0n) is 23.0. The first-order valence-corrected chi connectivity index (χ1v) is 13.1. The normalized spacial score (nSPS) is 14.8. The number of urea groups is 1. The average molecular weight is 544 g/mol. The first-order chi connectivity index (χ1) is 19.4. The second-order valence-corrected chi connectivity index (χ2v) is 9.06. The van der Waals surface area contributed by atoms with E-state index in [1.807, 2.05) is 37.3 Å². The van der Waals surface area contributed by atoms with E-state index in [1.54, 1.807) is 54.3 Å². The molecule has 0 saturated heterocycles. The third-order valence-electron chi connectivity index (χ3n) is 6.41. The molecule has 9 nitrogen and oxygen atoms in total. The zero-order chi connectivity index (χ0) is 28.6. The van der Waals surface area contributed by atoms with Gasteiger partial charge in [-0.2, -0.15) is 0 Å². The SMILES string of the molecule is CCCN1C(=O)NC(c2cccc(NC(=O)c3cc(OC)cc(OC)c3)c2)C(C(=O)OCC)=C1c1ccccc1. The Morgan fingerprint density at radius 1 is 0.925 bits per heavy atom. The Hall–Kier alpha value is -4.79. The summed E-state index contributed by atoms with van der Waals surface area (Å²) in [6, 6.07) is 20.1. The fraction of sp³-hybridized carbons (Fsp3) is 0.258. The lowest BCUT2D eigenvalue weighted by Gasteiger charge is -2.37. The second-order valence-electron chi connectivity index (χ2n) is 9.06. The Bertz CT molecular complexity index is 1400. The van der Waals surface area contributed by atoms with Crippen molar-refractivity contribution in [1.82, 2.24) is 10.2 Å². The maximum Gasteiger partial charge on any atom is 0.338 e. The second kappa shape index (κ2) is 12.8. The highest BCUT2D eigenvalue weighted by atomic mass is 16.5. The van der Waals surface area contributed by atoms with E-state index in [0.717, 1.165) is 5.56 Å². The Morgan fingerprint density at radius 2 is 1.62 bits per heavy atom. The molecule has 3 aromatic carbocycles. The van der Waals surface area contributed by atoms with Crippen LogP contribution in [-0.2, 0) is 9.53 Å². The van der Waals surface area contributed by atoms with Gasteiger partial charge in [0.25, 0.3) is 5.91 Å². The first-order valence-electron chi connectivity index (χ1n) is 13.1. The van der Waals surface area contributed by atoms with Crippen molar-refractivity contribution in [2.75, 3.05) is 32.7 Å². The largest absolute Gasteiger partial charge is 0.497 e. The molecule has 0 bridgehead atoms. The van der Waals surface area contributed by atoms with Crippen molar-refractivity contribution in [2.24, 2.45) is 0 Å². The number of nitrogens with zero attached hydrogens (tertiary/aromatic N) is 1. The van der Waals surface area contributed by atoms with Crippen molar-refractivity contribution in [3.63, 3.8) is 0 Å². The highest BCUT2D eigenvalue weighted by Gasteiger charge is 2.38. The predicted molar refractivity (Wildman–Crippen MR) is 152 cm³/mol. The zero-order valence-corrected chi connectivity index (χ0v) is 23.0. The van der Waals surface area contributed by atoms with E-state index in [2.05, 4.69) is 10.6 Å². The third-order valence-corrected chi connectivity index (χ3v) is 6.41. The number of benzene rings is 3. The number of ether oxygens (including phenoxy) is 3. The van der Waals surface area contributed by atoms with Crippen molar-refractivity contribution in [1.29, 1.82) is 0 Å². The van der Waals surface area contributed by atoms with Crippen molar-refractivity contribution in [3.05, 3.63) is 95.1 Å². The van der Waals surface area contributed by atoms with E-state index in [1.165, 1.54) is 14.2 Å². The molecule has 3 amide bonds. The Kier molecular flexibility index (Phi) is 9.06. The molecular formula is C31H33N3O6. The number of hydrogen-bond donors (Lipinski definition) is 2. The number of nitrogens with one attached hydrogen (secondary N) is 2. The van der Waals surface area contributed by atoms with Crippen LogP contribution in [0.4, 0.5) is 10.5 Å². The molecule has 1 aliphatic heterocycles. The average Bonchev–Trinajstić information content (AvgIpc) is 2.98. The van der Waals surface area contributed by atoms with Crippen LogP contribution in [0.25, 0.3) is 5.70 Å². The molecule has 1 atom stereocenters. The van der Waals surface area contributed by atoms with Crippen LogP contribution >= 0.6 is 0 Å². The maximum atomic E-state index is 13.4. The summed E-state index contributed by atoms with van der Waals surface area (Å²) >= 11 is 0. The molecule has 208 valence electrons. The summed E-state index contributed by atoms with van der Waals surface area (Å²) in [7, 11) is 3.02. The molecule has 9 heteroatoms. The Labute approximate surface area is 233 Å². The number of esters is 1. The number of methoxy groups -OCH3 is 2. The van der Waals surface area contributed by atoms with Crippen molar-refractivity contribution in [3.8, 4) is 11.5 Å². The van der Waals surface area contributed by atoms with Crippen molar-refractivity contribution < 1.29 is 28.6 Å². The van der Waals surface area contributed by atoms with Crippen molar-refractivity contribution >= 4 is 29.3 Å². The van der Waals surface area contributed by atoms with E-state index in [4.69, 9.17) is 14.2 Å². The number of rotatable bonds is 10. The van der Waals surface area contributed by atoms with Gasteiger partial charge in [0.05, 0.1) is 38.1 Å². The van der Waals surface area contributed by atoms with Crippen LogP contribution in [0.5, 0.6) is 11.5 Å². The van der Waals surface area contributed by atoms with Crippen LogP contribution < -0.4 is 20.1 Å². The summed E-state index contributed by atoms with van der Waals surface area (Å²) in [5.74, 6) is 0.0718. The van der Waals surface area contributed by atoms with Gasteiger partial charge < -0.3 is 24.8 Å². The Morgan fingerprint density at radius 3 is 2.25 bits per heavy atom. The lowest BCUT2D eigenvalue weighted by atomic mass is 9.91. The van der Waals surface area contributed by atoms with Gasteiger partial charge in [0.15, 0.2) is 0 Å². The van der Waals surface area contributed by atoms with Gasteiger partial charge in [-0.25, -0.2) is 9.59 Å². The molecule has 0 aliphatic carbocycles. The fourth-order valence-corrected chi connectivity index (χ4v) is 4.61. The Balaban J connectivity index is 1.76. The monoisotopic (exact) mass is 543 g/mol. The number of anilines is 1. The molecule has 0 spiro atoms. The van der Waals surface area contributed by atoms with Gasteiger partial charge in [-0.1, -0.05) is 49.4 Å². The van der Waals surface area contributed by atoms with E-state index >= 15 is 0 Å². The molecule has 0 aromatic heterocycles. The van der Waals surface area contributed by atoms with Crippen LogP contribution in [-0.4, -0.2) is 50.2 Å². The lowest BCUT2D eigenvalue weighted by molar-refractivity contribution is -0.138. The molecule has 1 heterocycles. The maximum absolute atomic E-state index is 13.4. The summed E-state index contributed by atoms with van der Waals surface area (Å²) in [6.07, 6.45) is 0.696. The molecule has 4 rings (SSSR count). The number of carbonyl (C=O) groups is 3. The minimum atomic E-state index is -0.802. The van der Waals surface area contributed by atoms with Crippen LogP contribution in [0.3, 0.4) is 0 Å². The number of carbonyl (C=O) groups excluding carboxylic acids is 3. The quantitative estimate of drug-likeness (QED) is 0.332. The van der Waals surface area contributed by atoms with Gasteiger partial charge in [-0.05, 0) is 48.7 Å². The van der Waals surface area contributed by atoms with Gasteiger partial charge in [-0.15, -0.1) is 0 Å². The molecule has 0 saturated carbocycles. The molecule has 1 aliphatic rings. The van der Waals surface area contributed by atoms with Crippen LogP contribution in [0.1, 0.15) is 47.8 Å². The minimum Gasteiger partial charge on any atom is -0.497 e. The fourth-order valence-electron chi connectivity index (χ4n) is 4.61. The molecular weight excluding hydrogens is 510 g/mol. The summed E-state index contributed by atoms with van der Waals surface area (Å²) in [5, 5.41) is 5.87. The number of hydrogen-bond acceptors (Lipinski definition) is 6. The van der Waals surface area contributed by atoms with Crippen LogP contribution in [0, 0.1) is 0 Å². The molecule has 40 heavy (non-hydrogen) atoms. The summed E-state index contributed by atoms with van der Waals surface area (Å²) in [6.45, 7) is 4.31. The smallest absolute Gasteiger partial charge is 0.338 e. The molecule has 3 aromatic rings. The minimum absolute atomic E-state index is 0.180. The lowest BCUT2D eigenvalue weighted by Crippen LogP contribution is -2.48. The van der Waals surface area contributed by atoms with E-state index in [-0.39, 0.29) is 18.5 Å². The van der Waals surface area contributed by atoms with E-state index < -0.39 is 12.0 Å². The van der Waals surface area contributed by atoms with E-state index in [9.17, 15) is 14.4 Å². The summed E-state index contributed by atoms with van der Waals surface area (Å²) in [5.41, 5.74) is 3.01. The summed E-state index contributed by atoms with van der Waals surface area (Å²) in [4.78, 5) is 41.5. The third kappa shape index (κ3) is 6.09. The van der Waals surface area contributed by atoms with Crippen molar-refractivity contribution in [2.45, 2.75) is 26.3 Å². The molecule has 1 unspecified atom stereocenters. The van der Waals surface area contributed by atoms with Crippen LogP contribution in [0.2, 0.25) is 0 Å². The standard InChI is InChI=1S/C31H33N3O6/c1-5-15-34-28(20-11-8-7-9-12-20)26(30(36)40-6-2)27(33-31(34)37)21-13-10-14-23(16-21)32-29(35)22-17-24(38-3)19-25(18-22)39-4/h7-14,16-19,27H,5-6,15H2,1-4H3,(H,32,35)(H,33,37). The van der Waals surface area contributed by atoms with Crippen LogP contribution in [0.15, 0.2) is 78.4 Å².